The molecular weight excluding hydrogens is 459 g/mol. The molecule has 1 fully saturated rings. The van der Waals surface area contributed by atoms with Crippen molar-refractivity contribution >= 4 is 15.9 Å². The Morgan fingerprint density at radius 1 is 1.09 bits per heavy atom. The lowest BCUT2D eigenvalue weighted by atomic mass is 10.1. The summed E-state index contributed by atoms with van der Waals surface area (Å²) in [5, 5.41) is 0. The van der Waals surface area contributed by atoms with Gasteiger partial charge in [-0.3, -0.25) is 4.79 Å². The predicted octanol–water partition coefficient (Wildman–Crippen LogP) is 4.34. The van der Waals surface area contributed by atoms with E-state index in [4.69, 9.17) is 9.47 Å². The van der Waals surface area contributed by atoms with Gasteiger partial charge in [-0.25, -0.2) is 22.5 Å². The van der Waals surface area contributed by atoms with Gasteiger partial charge in [0, 0.05) is 29.0 Å². The van der Waals surface area contributed by atoms with E-state index in [9.17, 15) is 17.6 Å². The lowest BCUT2D eigenvalue weighted by Crippen LogP contribution is -2.31. The standard InChI is InChI=1S/C25H25FN2O5S/c1-2-34(30,31)28-25(29)19-8-9-21(23(26)13-19)16-32-22-5-3-4-18(12-22)20-10-11-24(27-14-20)33-15-17-6-7-17/h3-5,8-14,17H,2,6-7,15-16H2,1H3,(H,28,29). The highest BCUT2D eigenvalue weighted by Gasteiger charge is 2.22. The number of carbonyl (C=O) groups excluding carboxylic acids is 1. The molecule has 1 aliphatic rings. The number of rotatable bonds is 10. The Balaban J connectivity index is 1.38. The molecule has 1 amide bonds. The first-order valence-corrected chi connectivity index (χ1v) is 12.6. The van der Waals surface area contributed by atoms with Gasteiger partial charge in [0.25, 0.3) is 5.91 Å². The van der Waals surface area contributed by atoms with E-state index in [1.807, 2.05) is 35.1 Å². The van der Waals surface area contributed by atoms with Crippen LogP contribution < -0.4 is 14.2 Å². The summed E-state index contributed by atoms with van der Waals surface area (Å²) in [4.78, 5) is 16.4. The molecule has 1 aromatic heterocycles. The summed E-state index contributed by atoms with van der Waals surface area (Å²) in [5.74, 6) is 0.0123. The van der Waals surface area contributed by atoms with E-state index < -0.39 is 21.7 Å². The van der Waals surface area contributed by atoms with E-state index in [0.717, 1.165) is 17.2 Å². The molecule has 1 aliphatic carbocycles. The molecule has 0 radical (unpaired) electrons. The fourth-order valence-corrected chi connectivity index (χ4v) is 3.67. The molecule has 0 saturated heterocycles. The van der Waals surface area contributed by atoms with Crippen LogP contribution in [0.25, 0.3) is 11.1 Å². The molecule has 2 aromatic carbocycles. The summed E-state index contributed by atoms with van der Waals surface area (Å²) < 4.78 is 50.9. The number of halogens is 1. The van der Waals surface area contributed by atoms with Gasteiger partial charge in [0.2, 0.25) is 15.9 Å². The molecule has 7 nitrogen and oxygen atoms in total. The van der Waals surface area contributed by atoms with E-state index in [1.165, 1.54) is 31.9 Å². The van der Waals surface area contributed by atoms with Crippen LogP contribution in [-0.2, 0) is 16.6 Å². The summed E-state index contributed by atoms with van der Waals surface area (Å²) in [6.45, 7) is 2.05. The highest BCUT2D eigenvalue weighted by Crippen LogP contribution is 2.30. The number of sulfonamides is 1. The number of pyridine rings is 1. The molecule has 1 N–H and O–H groups in total. The van der Waals surface area contributed by atoms with Crippen LogP contribution in [0.5, 0.6) is 11.6 Å². The number of hydrogen-bond acceptors (Lipinski definition) is 6. The van der Waals surface area contributed by atoms with E-state index in [0.29, 0.717) is 24.2 Å². The highest BCUT2D eigenvalue weighted by molar-refractivity contribution is 7.90. The third kappa shape index (κ3) is 6.32. The molecule has 0 unspecified atom stereocenters. The molecule has 9 heteroatoms. The highest BCUT2D eigenvalue weighted by atomic mass is 32.2. The Hall–Kier alpha value is -3.46. The maximum Gasteiger partial charge on any atom is 0.264 e. The van der Waals surface area contributed by atoms with Crippen molar-refractivity contribution in [1.82, 2.24) is 9.71 Å². The van der Waals surface area contributed by atoms with Crippen molar-refractivity contribution in [2.45, 2.75) is 26.4 Å². The van der Waals surface area contributed by atoms with E-state index >= 15 is 0 Å². The zero-order valence-electron chi connectivity index (χ0n) is 18.7. The summed E-state index contributed by atoms with van der Waals surface area (Å²) in [5.41, 5.74) is 1.94. The van der Waals surface area contributed by atoms with Crippen molar-refractivity contribution in [3.05, 3.63) is 77.7 Å². The fraction of sp³-hybridized carbons (Fsp3) is 0.280. The molecule has 0 bridgehead atoms. The molecule has 178 valence electrons. The number of nitrogens with zero attached hydrogens (tertiary/aromatic N) is 1. The molecular formula is C25H25FN2O5S. The van der Waals surface area contributed by atoms with Crippen molar-refractivity contribution < 1.29 is 27.1 Å². The SMILES string of the molecule is CCS(=O)(=O)NC(=O)c1ccc(COc2cccc(-c3ccc(OCC4CC4)nc3)c2)c(F)c1. The smallest absolute Gasteiger partial charge is 0.264 e. The molecule has 34 heavy (non-hydrogen) atoms. The Morgan fingerprint density at radius 3 is 2.59 bits per heavy atom. The van der Waals surface area contributed by atoms with Crippen LogP contribution in [0.15, 0.2) is 60.8 Å². The number of benzene rings is 2. The summed E-state index contributed by atoms with van der Waals surface area (Å²) in [6.07, 6.45) is 4.18. The van der Waals surface area contributed by atoms with Crippen molar-refractivity contribution in [3.63, 3.8) is 0 Å². The molecule has 0 aliphatic heterocycles. The van der Waals surface area contributed by atoms with Gasteiger partial charge < -0.3 is 9.47 Å². The van der Waals surface area contributed by atoms with Crippen molar-refractivity contribution in [3.8, 4) is 22.8 Å². The first kappa shape index (κ1) is 23.7. The lowest BCUT2D eigenvalue weighted by molar-refractivity contribution is 0.0981. The molecule has 0 spiro atoms. The van der Waals surface area contributed by atoms with Crippen LogP contribution in [0, 0.1) is 11.7 Å². The lowest BCUT2D eigenvalue weighted by Gasteiger charge is -2.11. The van der Waals surface area contributed by atoms with Crippen molar-refractivity contribution in [2.24, 2.45) is 5.92 Å². The first-order chi connectivity index (χ1) is 16.3. The molecule has 3 aromatic rings. The molecule has 0 atom stereocenters. The normalized spacial score (nSPS) is 13.4. The maximum atomic E-state index is 14.5. The average Bonchev–Trinajstić information content (AvgIpc) is 3.67. The van der Waals surface area contributed by atoms with Gasteiger partial charge in [-0.2, -0.15) is 0 Å². The Bertz CT molecular complexity index is 1270. The van der Waals surface area contributed by atoms with Crippen LogP contribution in [-0.4, -0.2) is 31.7 Å². The monoisotopic (exact) mass is 484 g/mol. The first-order valence-electron chi connectivity index (χ1n) is 11.0. The van der Waals surface area contributed by atoms with Gasteiger partial charge >= 0.3 is 0 Å². The van der Waals surface area contributed by atoms with Crippen LogP contribution in [0.2, 0.25) is 0 Å². The Labute approximate surface area is 198 Å². The second-order valence-electron chi connectivity index (χ2n) is 8.10. The van der Waals surface area contributed by atoms with E-state index in [2.05, 4.69) is 4.98 Å². The zero-order valence-corrected chi connectivity index (χ0v) is 19.5. The average molecular weight is 485 g/mol. The topological polar surface area (TPSA) is 94.6 Å². The van der Waals surface area contributed by atoms with Crippen molar-refractivity contribution in [1.29, 1.82) is 0 Å². The largest absolute Gasteiger partial charge is 0.489 e. The quantitative estimate of drug-likeness (QED) is 0.460. The summed E-state index contributed by atoms with van der Waals surface area (Å²) >= 11 is 0. The van der Waals surface area contributed by atoms with Gasteiger partial charge in [0.1, 0.15) is 18.2 Å². The second-order valence-corrected chi connectivity index (χ2v) is 10.1. The van der Waals surface area contributed by atoms with Gasteiger partial charge in [-0.1, -0.05) is 18.2 Å². The maximum absolute atomic E-state index is 14.5. The van der Waals surface area contributed by atoms with Gasteiger partial charge in [0.05, 0.1) is 12.4 Å². The van der Waals surface area contributed by atoms with Crippen LogP contribution in [0.1, 0.15) is 35.7 Å². The number of amides is 1. The van der Waals surface area contributed by atoms with Crippen LogP contribution in [0.4, 0.5) is 4.39 Å². The predicted molar refractivity (Wildman–Crippen MR) is 126 cm³/mol. The molecule has 1 saturated carbocycles. The van der Waals surface area contributed by atoms with E-state index in [-0.39, 0.29) is 23.5 Å². The molecule has 4 rings (SSSR count). The number of carbonyl (C=O) groups is 1. The summed E-state index contributed by atoms with van der Waals surface area (Å²) in [6, 6.07) is 14.9. The zero-order chi connectivity index (χ0) is 24.1. The van der Waals surface area contributed by atoms with E-state index in [1.54, 1.807) is 12.3 Å². The number of nitrogens with one attached hydrogen (secondary N) is 1. The molecule has 1 heterocycles. The minimum atomic E-state index is -3.73. The third-order valence-electron chi connectivity index (χ3n) is 5.41. The van der Waals surface area contributed by atoms with Crippen LogP contribution >= 0.6 is 0 Å². The Kier molecular flexibility index (Phi) is 7.12. The van der Waals surface area contributed by atoms with Gasteiger partial charge in [-0.05, 0) is 61.6 Å². The Morgan fingerprint density at radius 2 is 1.91 bits per heavy atom. The fourth-order valence-electron chi connectivity index (χ4n) is 3.13. The number of hydrogen-bond donors (Lipinski definition) is 1. The number of aromatic nitrogens is 1. The second kappa shape index (κ2) is 10.2. The van der Waals surface area contributed by atoms with Gasteiger partial charge in [0.15, 0.2) is 0 Å². The minimum Gasteiger partial charge on any atom is -0.489 e. The summed E-state index contributed by atoms with van der Waals surface area (Å²) in [7, 11) is -3.73. The third-order valence-corrected chi connectivity index (χ3v) is 6.66. The van der Waals surface area contributed by atoms with Crippen LogP contribution in [0.3, 0.4) is 0 Å². The minimum absolute atomic E-state index is 0.0589. The van der Waals surface area contributed by atoms with Crippen molar-refractivity contribution in [2.75, 3.05) is 12.4 Å². The number of ether oxygens (including phenoxy) is 2. The van der Waals surface area contributed by atoms with Gasteiger partial charge in [-0.15, -0.1) is 0 Å².